The standard InChI is InChI=1S/C8H18O.CHNO/c1-2-3-4-5-6-7-8-9;2-1-3/h9H,2-8H2,1H3;2H. The number of aliphatic hydroxyl groups excluding tert-OH is 1. The number of rotatable bonds is 6. The lowest BCUT2D eigenvalue weighted by atomic mass is 10.1. The van der Waals surface area contributed by atoms with Gasteiger partial charge >= 0.3 is 0 Å². The first-order chi connectivity index (χ1) is 5.83. The van der Waals surface area contributed by atoms with Crippen LogP contribution in [0.25, 0.3) is 0 Å². The summed E-state index contributed by atoms with van der Waals surface area (Å²) in [5.41, 5.74) is 0. The molecule has 3 nitrogen and oxygen atoms in total. The van der Waals surface area contributed by atoms with E-state index in [1.54, 1.807) is 0 Å². The minimum absolute atomic E-state index is 0.367. The van der Waals surface area contributed by atoms with E-state index in [9.17, 15) is 0 Å². The zero-order valence-corrected chi connectivity index (χ0v) is 7.81. The zero-order chi connectivity index (χ0) is 9.66. The smallest absolute Gasteiger partial charge is 0.231 e. The Morgan fingerprint density at radius 2 is 1.58 bits per heavy atom. The molecule has 0 aliphatic carbocycles. The minimum atomic E-state index is 0.367. The van der Waals surface area contributed by atoms with Gasteiger partial charge in [-0.25, -0.2) is 10.2 Å². The fourth-order valence-electron chi connectivity index (χ4n) is 0.892. The number of hydrogen-bond donors (Lipinski definition) is 2. The van der Waals surface area contributed by atoms with Gasteiger partial charge in [0, 0.05) is 6.61 Å². The van der Waals surface area contributed by atoms with Gasteiger partial charge < -0.3 is 5.11 Å². The fraction of sp³-hybridized carbons (Fsp3) is 0.889. The first-order valence-corrected chi connectivity index (χ1v) is 4.48. The van der Waals surface area contributed by atoms with Gasteiger partial charge in [-0.1, -0.05) is 39.0 Å². The molecule has 12 heavy (non-hydrogen) atoms. The van der Waals surface area contributed by atoms with Crippen molar-refractivity contribution in [2.24, 2.45) is 0 Å². The van der Waals surface area contributed by atoms with Crippen LogP contribution in [0.1, 0.15) is 45.4 Å². The van der Waals surface area contributed by atoms with E-state index in [2.05, 4.69) is 6.92 Å². The van der Waals surface area contributed by atoms with Gasteiger partial charge in [0.25, 0.3) is 0 Å². The molecule has 0 radical (unpaired) electrons. The Morgan fingerprint density at radius 3 is 2.00 bits per heavy atom. The van der Waals surface area contributed by atoms with Crippen LogP contribution in [-0.2, 0) is 4.79 Å². The third kappa shape index (κ3) is 22.8. The number of aliphatic hydroxyl groups is 1. The number of nitrogens with one attached hydrogen (secondary N) is 1. The van der Waals surface area contributed by atoms with Crippen molar-refractivity contribution in [2.75, 3.05) is 6.61 Å². The van der Waals surface area contributed by atoms with Crippen molar-refractivity contribution in [1.82, 2.24) is 0 Å². The molecule has 0 aromatic carbocycles. The van der Waals surface area contributed by atoms with Crippen molar-refractivity contribution < 1.29 is 9.90 Å². The first kappa shape index (κ1) is 13.9. The number of hydrogen-bond acceptors (Lipinski definition) is 3. The molecule has 0 saturated heterocycles. The highest BCUT2D eigenvalue weighted by molar-refractivity contribution is 5.26. The van der Waals surface area contributed by atoms with Gasteiger partial charge in [-0.2, -0.15) is 0 Å². The van der Waals surface area contributed by atoms with Crippen LogP contribution in [0.5, 0.6) is 0 Å². The van der Waals surface area contributed by atoms with E-state index < -0.39 is 0 Å². The summed E-state index contributed by atoms with van der Waals surface area (Å²) < 4.78 is 0. The van der Waals surface area contributed by atoms with E-state index in [-0.39, 0.29) is 0 Å². The molecule has 0 bridgehead atoms. The lowest BCUT2D eigenvalue weighted by Crippen LogP contribution is -1.82. The quantitative estimate of drug-likeness (QED) is 0.367. The van der Waals surface area contributed by atoms with Gasteiger partial charge in [-0.15, -0.1) is 0 Å². The monoisotopic (exact) mass is 173 g/mol. The lowest BCUT2D eigenvalue weighted by Gasteiger charge is -1.95. The molecule has 0 unspecified atom stereocenters. The highest BCUT2D eigenvalue weighted by Gasteiger charge is 1.86. The predicted molar refractivity (Wildman–Crippen MR) is 48.9 cm³/mol. The second kappa shape index (κ2) is 16.7. The summed E-state index contributed by atoms with van der Waals surface area (Å²) in [5, 5.41) is 13.8. The third-order valence-corrected chi connectivity index (χ3v) is 1.51. The average molecular weight is 173 g/mol. The summed E-state index contributed by atoms with van der Waals surface area (Å²) in [6.45, 7) is 2.58. The molecule has 72 valence electrons. The largest absolute Gasteiger partial charge is 0.396 e. The second-order valence-electron chi connectivity index (χ2n) is 2.59. The maximum atomic E-state index is 8.42. The zero-order valence-electron chi connectivity index (χ0n) is 7.81. The van der Waals surface area contributed by atoms with Crippen LogP contribution in [-0.4, -0.2) is 17.8 Å². The fourth-order valence-corrected chi connectivity index (χ4v) is 0.892. The van der Waals surface area contributed by atoms with Crippen LogP contribution in [0, 0.1) is 5.41 Å². The van der Waals surface area contributed by atoms with Gasteiger partial charge in [-0.3, -0.25) is 0 Å². The van der Waals surface area contributed by atoms with Gasteiger partial charge in [0.2, 0.25) is 6.08 Å². The van der Waals surface area contributed by atoms with E-state index in [4.69, 9.17) is 15.3 Å². The normalized spacial score (nSPS) is 8.17. The number of isocyanates is 1. The highest BCUT2D eigenvalue weighted by Crippen LogP contribution is 2.03. The molecule has 0 aliphatic heterocycles. The maximum Gasteiger partial charge on any atom is 0.231 e. The Balaban J connectivity index is 0. The van der Waals surface area contributed by atoms with Crippen molar-refractivity contribution >= 4 is 6.08 Å². The summed E-state index contributed by atoms with van der Waals surface area (Å²) in [5.74, 6) is 0. The van der Waals surface area contributed by atoms with Crippen molar-refractivity contribution in [3.63, 3.8) is 0 Å². The van der Waals surface area contributed by atoms with Gasteiger partial charge in [-0.05, 0) is 6.42 Å². The van der Waals surface area contributed by atoms with Crippen molar-refractivity contribution in [3.8, 4) is 0 Å². The molecule has 0 fully saturated rings. The summed E-state index contributed by atoms with van der Waals surface area (Å²) in [6.07, 6.45) is 8.25. The highest BCUT2D eigenvalue weighted by atomic mass is 16.2. The van der Waals surface area contributed by atoms with E-state index >= 15 is 0 Å². The van der Waals surface area contributed by atoms with E-state index in [1.165, 1.54) is 32.1 Å². The van der Waals surface area contributed by atoms with E-state index in [1.807, 2.05) is 0 Å². The van der Waals surface area contributed by atoms with Crippen LogP contribution in [0.4, 0.5) is 0 Å². The molecule has 0 rings (SSSR count). The predicted octanol–water partition coefficient (Wildman–Crippen LogP) is 2.24. The summed E-state index contributed by atoms with van der Waals surface area (Å²) >= 11 is 0. The Kier molecular flexibility index (Phi) is 19.4. The summed E-state index contributed by atoms with van der Waals surface area (Å²) in [6, 6.07) is 0. The Morgan fingerprint density at radius 1 is 1.17 bits per heavy atom. The van der Waals surface area contributed by atoms with Crippen LogP contribution in [0.3, 0.4) is 0 Å². The molecule has 0 atom stereocenters. The van der Waals surface area contributed by atoms with Crippen LogP contribution in [0.2, 0.25) is 0 Å². The van der Waals surface area contributed by atoms with Crippen molar-refractivity contribution in [1.29, 1.82) is 5.41 Å². The topological polar surface area (TPSA) is 61.1 Å². The average Bonchev–Trinajstić information content (AvgIpc) is 2.06. The Hall–Kier alpha value is -0.660. The summed E-state index contributed by atoms with van der Waals surface area (Å²) in [4.78, 5) is 8.35. The Bertz CT molecular complexity index is 92.7. The van der Waals surface area contributed by atoms with Gasteiger partial charge in [0.1, 0.15) is 0 Å². The Labute approximate surface area is 74.3 Å². The number of carbonyl (C=O) groups excluding carboxylic acids is 1. The number of unbranched alkanes of at least 4 members (excludes halogenated alkanes) is 5. The summed E-state index contributed by atoms with van der Waals surface area (Å²) in [7, 11) is 0. The molecular weight excluding hydrogens is 154 g/mol. The van der Waals surface area contributed by atoms with Crippen molar-refractivity contribution in [2.45, 2.75) is 45.4 Å². The van der Waals surface area contributed by atoms with E-state index in [0.29, 0.717) is 6.61 Å². The maximum absolute atomic E-state index is 8.42. The molecule has 0 aliphatic rings. The molecule has 0 heterocycles. The molecule has 3 heteroatoms. The molecule has 0 aromatic rings. The van der Waals surface area contributed by atoms with Gasteiger partial charge in [0.15, 0.2) is 0 Å². The SMILES string of the molecule is CCCCCCCCO.N=C=O. The molecule has 0 saturated carbocycles. The molecule has 2 N–H and O–H groups in total. The minimum Gasteiger partial charge on any atom is -0.396 e. The lowest BCUT2D eigenvalue weighted by molar-refractivity contribution is 0.282. The van der Waals surface area contributed by atoms with Crippen molar-refractivity contribution in [3.05, 3.63) is 0 Å². The molecular formula is C9H19NO2. The van der Waals surface area contributed by atoms with Gasteiger partial charge in [0.05, 0.1) is 0 Å². The van der Waals surface area contributed by atoms with Crippen LogP contribution in [0.15, 0.2) is 0 Å². The molecule has 0 spiro atoms. The first-order valence-electron chi connectivity index (χ1n) is 4.48. The van der Waals surface area contributed by atoms with Crippen LogP contribution < -0.4 is 0 Å². The molecule has 0 amide bonds. The van der Waals surface area contributed by atoms with Crippen LogP contribution >= 0.6 is 0 Å². The van der Waals surface area contributed by atoms with E-state index in [0.717, 1.165) is 12.5 Å². The molecule has 0 aromatic heterocycles. The second-order valence-corrected chi connectivity index (χ2v) is 2.59. The third-order valence-electron chi connectivity index (χ3n) is 1.51.